The Labute approximate surface area is 244 Å². The van der Waals surface area contributed by atoms with Crippen LogP contribution in [0.3, 0.4) is 0 Å². The van der Waals surface area contributed by atoms with Gasteiger partial charge in [0.2, 0.25) is 0 Å². The van der Waals surface area contributed by atoms with Gasteiger partial charge in [-0.2, -0.15) is 5.26 Å². The fourth-order valence-corrected chi connectivity index (χ4v) is 5.90. The maximum atomic E-state index is 13.0. The summed E-state index contributed by atoms with van der Waals surface area (Å²) < 4.78 is 6.88. The summed E-state index contributed by atoms with van der Waals surface area (Å²) in [5.74, 6) is -2.80. The number of carbonyl (C=O) groups is 2. The molecular weight excluding hydrogens is 536 g/mol. The molecule has 0 saturated carbocycles. The Kier molecular flexibility index (Phi) is 8.64. The average molecular weight is 573 g/mol. The van der Waals surface area contributed by atoms with Crippen LogP contribution < -0.4 is 10.2 Å². The first-order valence-corrected chi connectivity index (χ1v) is 14.3. The second kappa shape index (κ2) is 12.4. The van der Waals surface area contributed by atoms with Gasteiger partial charge in [0.25, 0.3) is 5.91 Å². The normalized spacial score (nSPS) is 23.2. The number of hydrogen-bond donors (Lipinski definition) is 4. The molecule has 4 N–H and O–H groups in total. The van der Waals surface area contributed by atoms with E-state index in [4.69, 9.17) is 4.74 Å². The fourth-order valence-electron chi connectivity index (χ4n) is 5.90. The number of cyclic esters (lactones) is 1. The summed E-state index contributed by atoms with van der Waals surface area (Å²) >= 11 is 0. The van der Waals surface area contributed by atoms with E-state index in [0.29, 0.717) is 11.3 Å². The van der Waals surface area contributed by atoms with Gasteiger partial charge in [-0.1, -0.05) is 18.2 Å². The molecule has 2 aromatic carbocycles. The van der Waals surface area contributed by atoms with Gasteiger partial charge < -0.3 is 34.8 Å². The number of nitriles is 1. The molecule has 0 radical (unpaired) electrons. The van der Waals surface area contributed by atoms with Gasteiger partial charge in [0.15, 0.2) is 6.10 Å². The van der Waals surface area contributed by atoms with Crippen LogP contribution in [0, 0.1) is 17.2 Å². The number of piperidine rings is 1. The van der Waals surface area contributed by atoms with Crippen LogP contribution in [0.4, 0.5) is 5.69 Å². The van der Waals surface area contributed by atoms with Gasteiger partial charge in [-0.05, 0) is 78.4 Å². The van der Waals surface area contributed by atoms with Crippen molar-refractivity contribution < 1.29 is 29.6 Å². The van der Waals surface area contributed by atoms with E-state index in [2.05, 4.69) is 46.6 Å². The van der Waals surface area contributed by atoms with Crippen molar-refractivity contribution in [3.8, 4) is 17.3 Å². The number of fused-ring (bicyclic) bond motifs is 1. The van der Waals surface area contributed by atoms with Crippen molar-refractivity contribution in [2.45, 2.75) is 44.5 Å². The zero-order valence-electron chi connectivity index (χ0n) is 23.8. The van der Waals surface area contributed by atoms with Crippen LogP contribution in [0.25, 0.3) is 27.6 Å². The van der Waals surface area contributed by atoms with Gasteiger partial charge in [-0.25, -0.2) is 0 Å². The SMILES string of the molecule is C/C(=C(/C#N)C(=O)NCC1C(=O)O[C@H](CO)[C@@H](O)[C@@H]1O)c1ccc(-c2ccc3cc(N4CCCCC4)ccc3c2)n1C. The number of esters is 1. The van der Waals surface area contributed by atoms with Gasteiger partial charge in [0.1, 0.15) is 23.7 Å². The minimum absolute atomic E-state index is 0.140. The van der Waals surface area contributed by atoms with E-state index in [1.165, 1.54) is 30.3 Å². The van der Waals surface area contributed by atoms with Crippen LogP contribution >= 0.6 is 0 Å². The number of aliphatic hydroxyl groups excluding tert-OH is 3. The highest BCUT2D eigenvalue weighted by Gasteiger charge is 2.44. The summed E-state index contributed by atoms with van der Waals surface area (Å²) in [5.41, 5.74) is 4.16. The molecular formula is C32H36N4O6. The molecule has 10 nitrogen and oxygen atoms in total. The van der Waals surface area contributed by atoms with Crippen molar-refractivity contribution in [1.29, 1.82) is 5.26 Å². The quantitative estimate of drug-likeness (QED) is 0.192. The number of aliphatic hydroxyl groups is 3. The average Bonchev–Trinajstić information content (AvgIpc) is 3.40. The maximum absolute atomic E-state index is 13.0. The Morgan fingerprint density at radius 2 is 1.76 bits per heavy atom. The third kappa shape index (κ3) is 5.63. The number of rotatable bonds is 7. The first kappa shape index (κ1) is 29.3. The first-order valence-electron chi connectivity index (χ1n) is 14.3. The van der Waals surface area contributed by atoms with Gasteiger partial charge in [0.05, 0.1) is 12.7 Å². The predicted molar refractivity (Wildman–Crippen MR) is 158 cm³/mol. The molecule has 0 aliphatic carbocycles. The first-order chi connectivity index (χ1) is 20.2. The number of hydrogen-bond acceptors (Lipinski definition) is 8. The number of benzene rings is 2. The molecule has 2 fully saturated rings. The number of nitrogens with one attached hydrogen (secondary N) is 1. The van der Waals surface area contributed by atoms with Crippen LogP contribution in [0.15, 0.2) is 54.1 Å². The fraction of sp³-hybridized carbons (Fsp3) is 0.406. The summed E-state index contributed by atoms with van der Waals surface area (Å²) in [6.45, 7) is 2.88. The minimum atomic E-state index is -1.53. The lowest BCUT2D eigenvalue weighted by molar-refractivity contribution is -0.195. The highest BCUT2D eigenvalue weighted by atomic mass is 16.6. The van der Waals surface area contributed by atoms with Gasteiger partial charge in [-0.3, -0.25) is 9.59 Å². The largest absolute Gasteiger partial charge is 0.457 e. The van der Waals surface area contributed by atoms with Gasteiger partial charge >= 0.3 is 5.97 Å². The van der Waals surface area contributed by atoms with E-state index >= 15 is 0 Å². The van der Waals surface area contributed by atoms with E-state index in [1.54, 1.807) is 6.92 Å². The van der Waals surface area contributed by atoms with E-state index in [1.807, 2.05) is 29.8 Å². The van der Waals surface area contributed by atoms with Crippen LogP contribution in [0.2, 0.25) is 0 Å². The number of ether oxygens (including phenoxy) is 1. The number of amides is 1. The van der Waals surface area contributed by atoms with Crippen molar-refractivity contribution in [3.63, 3.8) is 0 Å². The Morgan fingerprint density at radius 3 is 2.48 bits per heavy atom. The van der Waals surface area contributed by atoms with Crippen LogP contribution in [0.1, 0.15) is 31.9 Å². The lowest BCUT2D eigenvalue weighted by atomic mass is 9.91. The highest BCUT2D eigenvalue weighted by Crippen LogP contribution is 2.31. The Morgan fingerprint density at radius 1 is 1.05 bits per heavy atom. The Hall–Kier alpha value is -4.17. The molecule has 2 aliphatic heterocycles. The van der Waals surface area contributed by atoms with Crippen molar-refractivity contribution in [2.24, 2.45) is 13.0 Å². The molecule has 0 bridgehead atoms. The smallest absolute Gasteiger partial charge is 0.313 e. The summed E-state index contributed by atoms with van der Waals surface area (Å²) in [4.78, 5) is 27.7. The van der Waals surface area contributed by atoms with Crippen molar-refractivity contribution >= 4 is 33.9 Å². The van der Waals surface area contributed by atoms with Gasteiger partial charge in [0, 0.05) is 43.8 Å². The highest BCUT2D eigenvalue weighted by molar-refractivity contribution is 6.04. The second-order valence-electron chi connectivity index (χ2n) is 11.0. The van der Waals surface area contributed by atoms with Crippen molar-refractivity contribution in [3.05, 3.63) is 59.8 Å². The topological polar surface area (TPSA) is 148 Å². The molecule has 5 rings (SSSR count). The summed E-state index contributed by atoms with van der Waals surface area (Å²) in [6.07, 6.45) is -0.514. The standard InChI is InChI=1S/C32H36N4O6/c1-19(24(16-33)31(40)34-17-25-29(38)30(39)28(18-37)42-32(25)41)26-10-11-27(35(26)2)22-7-6-21-15-23(9-8-20(21)14-22)36-12-4-3-5-13-36/h6-11,14-15,25,28-30,37-39H,3-5,12-13,17-18H2,1-2H3,(H,34,40)/b24-19+/t25?,28-,29-,30-/m1/s1. The van der Waals surface area contributed by atoms with E-state index in [-0.39, 0.29) is 12.1 Å². The van der Waals surface area contributed by atoms with E-state index < -0.39 is 42.7 Å². The zero-order chi connectivity index (χ0) is 30.0. The minimum Gasteiger partial charge on any atom is -0.457 e. The third-order valence-corrected chi connectivity index (χ3v) is 8.44. The maximum Gasteiger partial charge on any atom is 0.313 e. The summed E-state index contributed by atoms with van der Waals surface area (Å²) in [5, 5.41) is 44.2. The van der Waals surface area contributed by atoms with Crippen molar-refractivity contribution in [2.75, 3.05) is 31.1 Å². The number of anilines is 1. The summed E-state index contributed by atoms with van der Waals surface area (Å²) in [6, 6.07) is 18.6. The van der Waals surface area contributed by atoms with Crippen LogP contribution in [-0.2, 0) is 21.4 Å². The zero-order valence-corrected chi connectivity index (χ0v) is 23.8. The molecule has 1 unspecified atom stereocenters. The number of nitrogens with zero attached hydrogens (tertiary/aromatic N) is 3. The molecule has 42 heavy (non-hydrogen) atoms. The molecule has 1 aromatic heterocycles. The lowest BCUT2D eigenvalue weighted by Crippen LogP contribution is -2.56. The summed E-state index contributed by atoms with van der Waals surface area (Å²) in [7, 11) is 1.87. The second-order valence-corrected chi connectivity index (χ2v) is 11.0. The Balaban J connectivity index is 1.33. The molecule has 3 aromatic rings. The third-order valence-electron chi connectivity index (χ3n) is 8.44. The van der Waals surface area contributed by atoms with Crippen molar-refractivity contribution in [1.82, 2.24) is 9.88 Å². The predicted octanol–water partition coefficient (Wildman–Crippen LogP) is 2.50. The van der Waals surface area contributed by atoms with E-state index in [9.17, 15) is 30.2 Å². The molecule has 220 valence electrons. The van der Waals surface area contributed by atoms with Crippen LogP contribution in [-0.4, -0.2) is 76.3 Å². The molecule has 2 aliphatic rings. The van der Waals surface area contributed by atoms with Crippen LogP contribution in [0.5, 0.6) is 0 Å². The molecule has 3 heterocycles. The molecule has 2 saturated heterocycles. The Bertz CT molecular complexity index is 1560. The van der Waals surface area contributed by atoms with Gasteiger partial charge in [-0.15, -0.1) is 0 Å². The molecule has 4 atom stereocenters. The number of carbonyl (C=O) groups excluding carboxylic acids is 2. The monoisotopic (exact) mass is 572 g/mol. The molecule has 10 heteroatoms. The number of aromatic nitrogens is 1. The lowest BCUT2D eigenvalue weighted by Gasteiger charge is -2.35. The number of allylic oxidation sites excluding steroid dienone is 1. The molecule has 0 spiro atoms. The van der Waals surface area contributed by atoms with E-state index in [0.717, 1.165) is 29.7 Å². The molecule has 1 amide bonds.